The second-order valence-electron chi connectivity index (χ2n) is 6.36. The number of rotatable bonds is 8. The number of hydrogen-bond donors (Lipinski definition) is 2. The highest BCUT2D eigenvalue weighted by Crippen LogP contribution is 2.37. The number of aryl methyl sites for hydroxylation is 2. The number of aromatic amines is 1. The standard InChI is InChI=1S/C20H23ClN4O2S/c1-4-26-18-10-16(11-22-25-14(3)23-24-20(25)28)9-17(21)19(18)27-12-15-7-5-6-13(2)8-15/h5-10,22H,4,11-12H2,1-3H3,(H,24,28). The minimum atomic E-state index is 0.419. The van der Waals surface area contributed by atoms with Gasteiger partial charge >= 0.3 is 0 Å². The highest BCUT2D eigenvalue weighted by molar-refractivity contribution is 7.71. The lowest BCUT2D eigenvalue weighted by Gasteiger charge is -2.16. The van der Waals surface area contributed by atoms with E-state index in [1.807, 2.05) is 38.1 Å². The van der Waals surface area contributed by atoms with Gasteiger partial charge in [-0.1, -0.05) is 41.4 Å². The van der Waals surface area contributed by atoms with E-state index in [-0.39, 0.29) is 0 Å². The summed E-state index contributed by atoms with van der Waals surface area (Å²) in [6, 6.07) is 12.0. The summed E-state index contributed by atoms with van der Waals surface area (Å²) >= 11 is 11.7. The van der Waals surface area contributed by atoms with Crippen LogP contribution >= 0.6 is 23.8 Å². The Bertz CT molecular complexity index is 1020. The number of nitrogens with one attached hydrogen (secondary N) is 2. The number of H-pyrrole nitrogens is 1. The summed E-state index contributed by atoms with van der Waals surface area (Å²) < 4.78 is 14.0. The number of ether oxygens (including phenoxy) is 2. The molecule has 0 bridgehead atoms. The van der Waals surface area contributed by atoms with Crippen LogP contribution in [0.15, 0.2) is 36.4 Å². The zero-order valence-corrected chi connectivity index (χ0v) is 17.7. The number of benzene rings is 2. The second kappa shape index (κ2) is 9.12. The quantitative estimate of drug-likeness (QED) is 0.507. The van der Waals surface area contributed by atoms with Gasteiger partial charge in [-0.05, 0) is 56.2 Å². The van der Waals surface area contributed by atoms with Crippen LogP contribution in [-0.2, 0) is 13.2 Å². The third-order valence-electron chi connectivity index (χ3n) is 4.12. The van der Waals surface area contributed by atoms with E-state index in [4.69, 9.17) is 33.3 Å². The van der Waals surface area contributed by atoms with E-state index < -0.39 is 0 Å². The molecule has 0 aliphatic rings. The molecule has 0 saturated heterocycles. The molecule has 0 spiro atoms. The fourth-order valence-electron chi connectivity index (χ4n) is 2.82. The normalized spacial score (nSPS) is 10.7. The predicted octanol–water partition coefficient (Wildman–Crippen LogP) is 4.93. The molecule has 8 heteroatoms. The van der Waals surface area contributed by atoms with E-state index in [9.17, 15) is 0 Å². The molecule has 0 aliphatic heterocycles. The van der Waals surface area contributed by atoms with Crippen LogP contribution in [0.25, 0.3) is 0 Å². The first-order chi connectivity index (χ1) is 13.5. The van der Waals surface area contributed by atoms with Gasteiger partial charge in [0.05, 0.1) is 18.2 Å². The molecule has 2 N–H and O–H groups in total. The van der Waals surface area contributed by atoms with E-state index in [1.54, 1.807) is 4.68 Å². The summed E-state index contributed by atoms with van der Waals surface area (Å²) in [7, 11) is 0. The molecule has 0 saturated carbocycles. The van der Waals surface area contributed by atoms with Gasteiger partial charge in [0.25, 0.3) is 0 Å². The Morgan fingerprint density at radius 2 is 2.00 bits per heavy atom. The summed E-state index contributed by atoms with van der Waals surface area (Å²) in [5, 5.41) is 7.33. The van der Waals surface area contributed by atoms with Crippen molar-refractivity contribution in [1.82, 2.24) is 14.9 Å². The van der Waals surface area contributed by atoms with Gasteiger partial charge in [-0.25, -0.2) is 4.68 Å². The smallest absolute Gasteiger partial charge is 0.214 e. The number of nitrogens with zero attached hydrogens (tertiary/aromatic N) is 2. The van der Waals surface area contributed by atoms with Crippen molar-refractivity contribution < 1.29 is 9.47 Å². The maximum absolute atomic E-state index is 6.51. The molecular formula is C20H23ClN4O2S. The van der Waals surface area contributed by atoms with Crippen molar-refractivity contribution in [3.8, 4) is 11.5 Å². The molecule has 0 unspecified atom stereocenters. The van der Waals surface area contributed by atoms with E-state index in [1.165, 1.54) is 5.56 Å². The van der Waals surface area contributed by atoms with Crippen LogP contribution in [0.1, 0.15) is 29.4 Å². The van der Waals surface area contributed by atoms with Gasteiger partial charge in [-0.3, -0.25) is 5.10 Å². The Kier molecular flexibility index (Phi) is 6.59. The van der Waals surface area contributed by atoms with Gasteiger partial charge in [-0.2, -0.15) is 5.10 Å². The first kappa shape index (κ1) is 20.2. The van der Waals surface area contributed by atoms with Crippen molar-refractivity contribution in [3.05, 3.63) is 68.7 Å². The predicted molar refractivity (Wildman–Crippen MR) is 113 cm³/mol. The molecule has 0 amide bonds. The molecule has 2 aromatic carbocycles. The van der Waals surface area contributed by atoms with Gasteiger partial charge in [0, 0.05) is 0 Å². The fraction of sp³-hybridized carbons (Fsp3) is 0.300. The molecule has 3 rings (SSSR count). The topological polar surface area (TPSA) is 64.1 Å². The maximum atomic E-state index is 6.51. The van der Waals surface area contributed by atoms with Gasteiger partial charge in [-0.15, -0.1) is 0 Å². The number of aromatic nitrogens is 3. The summed E-state index contributed by atoms with van der Waals surface area (Å²) in [4.78, 5) is 0. The highest BCUT2D eigenvalue weighted by atomic mass is 35.5. The molecule has 6 nitrogen and oxygen atoms in total. The zero-order chi connectivity index (χ0) is 20.1. The van der Waals surface area contributed by atoms with E-state index >= 15 is 0 Å². The summed E-state index contributed by atoms with van der Waals surface area (Å²) in [5.74, 6) is 1.91. The minimum Gasteiger partial charge on any atom is -0.490 e. The average molecular weight is 419 g/mol. The Hall–Kier alpha value is -2.51. The molecular weight excluding hydrogens is 396 g/mol. The fourth-order valence-corrected chi connectivity index (χ4v) is 3.35. The van der Waals surface area contributed by atoms with Crippen LogP contribution < -0.4 is 14.9 Å². The van der Waals surface area contributed by atoms with Crippen LogP contribution in [0.2, 0.25) is 5.02 Å². The second-order valence-corrected chi connectivity index (χ2v) is 7.16. The highest BCUT2D eigenvalue weighted by Gasteiger charge is 2.13. The Labute approximate surface area is 174 Å². The molecule has 3 aromatic rings. The summed E-state index contributed by atoms with van der Waals surface area (Å²) in [6.07, 6.45) is 0. The molecule has 0 fully saturated rings. The Balaban J connectivity index is 1.78. The van der Waals surface area contributed by atoms with Crippen molar-refractivity contribution in [3.63, 3.8) is 0 Å². The molecule has 0 atom stereocenters. The number of hydrogen-bond acceptors (Lipinski definition) is 5. The van der Waals surface area contributed by atoms with Gasteiger partial charge < -0.3 is 14.9 Å². The van der Waals surface area contributed by atoms with Crippen LogP contribution in [-0.4, -0.2) is 21.5 Å². The molecule has 28 heavy (non-hydrogen) atoms. The lowest BCUT2D eigenvalue weighted by atomic mass is 10.1. The van der Waals surface area contributed by atoms with E-state index in [0.717, 1.165) is 17.0 Å². The van der Waals surface area contributed by atoms with Gasteiger partial charge in [0.1, 0.15) is 12.4 Å². The average Bonchev–Trinajstić information content (AvgIpc) is 2.97. The third kappa shape index (κ3) is 4.85. The van der Waals surface area contributed by atoms with Crippen LogP contribution in [0.3, 0.4) is 0 Å². The zero-order valence-electron chi connectivity index (χ0n) is 16.1. The van der Waals surface area contributed by atoms with Crippen LogP contribution in [0, 0.1) is 18.6 Å². The van der Waals surface area contributed by atoms with E-state index in [0.29, 0.717) is 41.1 Å². The van der Waals surface area contributed by atoms with E-state index in [2.05, 4.69) is 34.7 Å². The minimum absolute atomic E-state index is 0.419. The largest absolute Gasteiger partial charge is 0.490 e. The van der Waals surface area contributed by atoms with Crippen molar-refractivity contribution in [2.75, 3.05) is 12.0 Å². The summed E-state index contributed by atoms with van der Waals surface area (Å²) in [5.41, 5.74) is 6.43. The first-order valence-electron chi connectivity index (χ1n) is 8.99. The van der Waals surface area contributed by atoms with Crippen molar-refractivity contribution in [2.45, 2.75) is 33.9 Å². The molecule has 148 valence electrons. The van der Waals surface area contributed by atoms with Crippen molar-refractivity contribution >= 4 is 23.8 Å². The third-order valence-corrected chi connectivity index (χ3v) is 4.67. The molecule has 1 aromatic heterocycles. The van der Waals surface area contributed by atoms with Crippen molar-refractivity contribution in [2.24, 2.45) is 0 Å². The molecule has 0 aliphatic carbocycles. The number of halogens is 1. The van der Waals surface area contributed by atoms with Crippen LogP contribution in [0.5, 0.6) is 11.5 Å². The van der Waals surface area contributed by atoms with Crippen LogP contribution in [0.4, 0.5) is 0 Å². The maximum Gasteiger partial charge on any atom is 0.214 e. The first-order valence-corrected chi connectivity index (χ1v) is 9.78. The Morgan fingerprint density at radius 3 is 2.68 bits per heavy atom. The monoisotopic (exact) mass is 418 g/mol. The Morgan fingerprint density at radius 1 is 1.18 bits per heavy atom. The lowest BCUT2D eigenvalue weighted by molar-refractivity contribution is 0.269. The summed E-state index contributed by atoms with van der Waals surface area (Å²) in [6.45, 7) is 7.28. The molecule has 0 radical (unpaired) electrons. The van der Waals surface area contributed by atoms with Gasteiger partial charge in [0.2, 0.25) is 4.77 Å². The van der Waals surface area contributed by atoms with Gasteiger partial charge in [0.15, 0.2) is 11.5 Å². The lowest BCUT2D eigenvalue weighted by Crippen LogP contribution is -2.16. The van der Waals surface area contributed by atoms with Crippen molar-refractivity contribution in [1.29, 1.82) is 0 Å². The molecule has 1 heterocycles. The SMILES string of the molecule is CCOc1cc(CNn2c(C)n[nH]c2=S)cc(Cl)c1OCc1cccc(C)c1.